The van der Waals surface area contributed by atoms with E-state index < -0.39 is 5.91 Å². The molecule has 3 rings (SSSR count). The molecular formula is C20H22N6O3S. The number of benzene rings is 1. The second kappa shape index (κ2) is 10.5. The van der Waals surface area contributed by atoms with Crippen LogP contribution in [0.4, 0.5) is 5.82 Å². The Bertz CT molecular complexity index is 1060. The van der Waals surface area contributed by atoms with E-state index in [0.717, 1.165) is 16.5 Å². The maximum absolute atomic E-state index is 11.0. The molecule has 0 radical (unpaired) electrons. The van der Waals surface area contributed by atoms with Gasteiger partial charge < -0.3 is 15.0 Å². The molecule has 2 heterocycles. The van der Waals surface area contributed by atoms with Gasteiger partial charge in [-0.05, 0) is 31.0 Å². The Morgan fingerprint density at radius 1 is 1.37 bits per heavy atom. The second-order valence-electron chi connectivity index (χ2n) is 6.35. The average Bonchev–Trinajstić information content (AvgIpc) is 3.10. The smallest absolute Gasteiger partial charge is 0.243 e. The lowest BCUT2D eigenvalue weighted by Crippen LogP contribution is -2.18. The van der Waals surface area contributed by atoms with Crippen LogP contribution in [0.15, 0.2) is 40.6 Å². The Balaban J connectivity index is 1.75. The number of anilines is 1. The molecule has 156 valence electrons. The van der Waals surface area contributed by atoms with Crippen LogP contribution in [-0.4, -0.2) is 37.2 Å². The fourth-order valence-corrected chi connectivity index (χ4v) is 3.72. The molecule has 0 saturated carbocycles. The van der Waals surface area contributed by atoms with Gasteiger partial charge in [-0.2, -0.15) is 0 Å². The van der Waals surface area contributed by atoms with Gasteiger partial charge in [-0.15, -0.1) is 12.3 Å². The van der Waals surface area contributed by atoms with Crippen LogP contribution in [0.25, 0.3) is 11.2 Å². The van der Waals surface area contributed by atoms with Crippen LogP contribution in [0.3, 0.4) is 0 Å². The van der Waals surface area contributed by atoms with E-state index in [2.05, 4.69) is 20.9 Å². The minimum atomic E-state index is -0.436. The van der Waals surface area contributed by atoms with Crippen LogP contribution < -0.4 is 16.0 Å². The van der Waals surface area contributed by atoms with Gasteiger partial charge in [0.1, 0.15) is 12.1 Å². The fourth-order valence-electron chi connectivity index (χ4n) is 2.76. The molecule has 0 bridgehead atoms. The minimum absolute atomic E-state index is 0.190. The zero-order valence-corrected chi connectivity index (χ0v) is 17.1. The molecule has 0 aliphatic carbocycles. The number of aromatic nitrogens is 4. The number of hydrogen-bond donors (Lipinski definition) is 3. The highest BCUT2D eigenvalue weighted by atomic mass is 32.2. The number of nitrogen functional groups attached to an aromatic ring is 1. The summed E-state index contributed by atoms with van der Waals surface area (Å²) in [5.74, 6) is 3.23. The third kappa shape index (κ3) is 5.40. The van der Waals surface area contributed by atoms with E-state index in [1.54, 1.807) is 5.48 Å². The number of nitrogens with zero attached hydrogens (tertiary/aromatic N) is 4. The van der Waals surface area contributed by atoms with Gasteiger partial charge in [0.15, 0.2) is 22.1 Å². The molecule has 0 atom stereocenters. The number of ether oxygens (including phenoxy) is 1. The summed E-state index contributed by atoms with van der Waals surface area (Å²) < 4.78 is 7.70. The lowest BCUT2D eigenvalue weighted by molar-refractivity contribution is -0.129. The molecule has 0 spiro atoms. The number of rotatable bonds is 10. The lowest BCUT2D eigenvalue weighted by atomic mass is 10.3. The minimum Gasteiger partial charge on any atom is -0.494 e. The van der Waals surface area contributed by atoms with Crippen LogP contribution in [0, 0.1) is 12.3 Å². The fraction of sp³-hybridized carbons (Fsp3) is 0.300. The molecule has 3 aromatic rings. The number of carbonyl (C=O) groups is 1. The van der Waals surface area contributed by atoms with Gasteiger partial charge in [-0.3, -0.25) is 10.0 Å². The molecule has 1 aromatic carbocycles. The van der Waals surface area contributed by atoms with E-state index in [-0.39, 0.29) is 6.42 Å². The maximum atomic E-state index is 11.0. The predicted molar refractivity (Wildman–Crippen MR) is 113 cm³/mol. The van der Waals surface area contributed by atoms with Gasteiger partial charge in [0.2, 0.25) is 5.91 Å². The van der Waals surface area contributed by atoms with Gasteiger partial charge in [0.05, 0.1) is 6.61 Å². The van der Waals surface area contributed by atoms with Gasteiger partial charge in [0, 0.05) is 24.3 Å². The molecule has 30 heavy (non-hydrogen) atoms. The van der Waals surface area contributed by atoms with Crippen molar-refractivity contribution in [1.29, 1.82) is 0 Å². The highest BCUT2D eigenvalue weighted by Crippen LogP contribution is 2.32. The van der Waals surface area contributed by atoms with Crippen LogP contribution in [0.2, 0.25) is 0 Å². The number of hydrogen-bond acceptors (Lipinski definition) is 8. The molecule has 4 N–H and O–H groups in total. The number of fused-ring (bicyclic) bond motifs is 1. The zero-order valence-electron chi connectivity index (χ0n) is 16.2. The van der Waals surface area contributed by atoms with Crippen molar-refractivity contribution in [3.8, 4) is 18.1 Å². The average molecular weight is 427 g/mol. The highest BCUT2D eigenvalue weighted by Gasteiger charge is 2.16. The molecule has 0 saturated heterocycles. The van der Waals surface area contributed by atoms with Crippen molar-refractivity contribution in [1.82, 2.24) is 25.0 Å². The molecule has 0 fully saturated rings. The summed E-state index contributed by atoms with van der Waals surface area (Å²) in [6, 6.07) is 7.58. The molecule has 10 heteroatoms. The van der Waals surface area contributed by atoms with Crippen LogP contribution >= 0.6 is 11.8 Å². The van der Waals surface area contributed by atoms with Gasteiger partial charge in [-0.25, -0.2) is 20.4 Å². The Morgan fingerprint density at radius 3 is 3.03 bits per heavy atom. The summed E-state index contributed by atoms with van der Waals surface area (Å²) in [7, 11) is 0. The van der Waals surface area contributed by atoms with Gasteiger partial charge >= 0.3 is 0 Å². The van der Waals surface area contributed by atoms with Crippen LogP contribution in [0.1, 0.15) is 25.7 Å². The molecular weight excluding hydrogens is 404 g/mol. The molecule has 1 amide bonds. The number of carbonyl (C=O) groups excluding carboxylic acids is 1. The number of nitrogens with one attached hydrogen (secondary N) is 1. The lowest BCUT2D eigenvalue weighted by Gasteiger charge is -2.09. The number of hydroxylamine groups is 1. The number of amides is 1. The van der Waals surface area contributed by atoms with Crippen molar-refractivity contribution in [2.45, 2.75) is 42.3 Å². The van der Waals surface area contributed by atoms with E-state index >= 15 is 0 Å². The van der Waals surface area contributed by atoms with Gasteiger partial charge in [-0.1, -0.05) is 17.8 Å². The first kappa shape index (κ1) is 21.4. The van der Waals surface area contributed by atoms with Crippen molar-refractivity contribution in [2.24, 2.45) is 0 Å². The number of nitrogens with two attached hydrogens (primary N) is 1. The van der Waals surface area contributed by atoms with Crippen molar-refractivity contribution in [3.05, 3.63) is 30.6 Å². The van der Waals surface area contributed by atoms with Crippen molar-refractivity contribution < 1.29 is 14.7 Å². The Hall–Kier alpha value is -3.29. The predicted octanol–water partition coefficient (Wildman–Crippen LogP) is 2.64. The third-order valence-electron chi connectivity index (χ3n) is 4.18. The monoisotopic (exact) mass is 426 g/mol. The second-order valence-corrected chi connectivity index (χ2v) is 7.39. The first-order chi connectivity index (χ1) is 14.6. The number of aryl methyl sites for hydroxylation is 1. The van der Waals surface area contributed by atoms with Crippen molar-refractivity contribution in [2.75, 3.05) is 12.3 Å². The Morgan fingerprint density at radius 2 is 2.23 bits per heavy atom. The van der Waals surface area contributed by atoms with E-state index in [0.29, 0.717) is 48.7 Å². The summed E-state index contributed by atoms with van der Waals surface area (Å²) in [5.41, 5.74) is 8.82. The number of imidazole rings is 1. The van der Waals surface area contributed by atoms with Gasteiger partial charge in [0.25, 0.3) is 0 Å². The van der Waals surface area contributed by atoms with Crippen LogP contribution in [-0.2, 0) is 11.3 Å². The summed E-state index contributed by atoms with van der Waals surface area (Å²) in [5, 5.41) is 9.25. The van der Waals surface area contributed by atoms with E-state index in [4.69, 9.17) is 22.1 Å². The molecule has 0 aliphatic heterocycles. The first-order valence-corrected chi connectivity index (χ1v) is 10.2. The SMILES string of the molecule is C#CCCCn1c(Sc2cccc(OCCCC(=O)NO)c2)nc2c(N)ncnc21. The highest BCUT2D eigenvalue weighted by molar-refractivity contribution is 7.99. The summed E-state index contributed by atoms with van der Waals surface area (Å²) in [6.45, 7) is 1.03. The molecule has 0 aliphatic rings. The Labute approximate surface area is 178 Å². The van der Waals surface area contributed by atoms with Crippen molar-refractivity contribution in [3.63, 3.8) is 0 Å². The molecule has 2 aromatic heterocycles. The number of terminal acetylenes is 1. The summed E-state index contributed by atoms with van der Waals surface area (Å²) >= 11 is 1.47. The Kier molecular flexibility index (Phi) is 7.48. The largest absolute Gasteiger partial charge is 0.494 e. The quantitative estimate of drug-likeness (QED) is 0.195. The van der Waals surface area contributed by atoms with Crippen molar-refractivity contribution >= 4 is 34.7 Å². The van der Waals surface area contributed by atoms with E-state index in [1.165, 1.54) is 18.1 Å². The maximum Gasteiger partial charge on any atom is 0.243 e. The van der Waals surface area contributed by atoms with Crippen LogP contribution in [0.5, 0.6) is 5.75 Å². The van der Waals surface area contributed by atoms with E-state index in [9.17, 15) is 4.79 Å². The summed E-state index contributed by atoms with van der Waals surface area (Å²) in [6.07, 6.45) is 8.94. The standard InChI is InChI=1S/C20H22N6O3S/c1-2-3-4-10-26-19-17(18(21)22-13-23-19)24-20(26)30-15-8-5-7-14(12-15)29-11-6-9-16(27)25-28/h1,5,7-8,12-13,28H,3-4,6,9-11H2,(H,25,27)(H2,21,22,23). The topological polar surface area (TPSA) is 128 Å². The third-order valence-corrected chi connectivity index (χ3v) is 5.17. The first-order valence-electron chi connectivity index (χ1n) is 9.36. The molecule has 0 unspecified atom stereocenters. The normalized spacial score (nSPS) is 10.7. The number of unbranched alkanes of at least 4 members (excludes halogenated alkanes) is 1. The summed E-state index contributed by atoms with van der Waals surface area (Å²) in [4.78, 5) is 25.0. The van der Waals surface area contributed by atoms with E-state index in [1.807, 2.05) is 28.8 Å². The molecule has 9 nitrogen and oxygen atoms in total. The zero-order chi connectivity index (χ0) is 21.3.